The van der Waals surface area contributed by atoms with E-state index in [2.05, 4.69) is 42.3 Å². The average Bonchev–Trinajstić information content (AvgIpc) is 2.89. The van der Waals surface area contributed by atoms with E-state index in [4.69, 9.17) is 4.74 Å². The predicted octanol–water partition coefficient (Wildman–Crippen LogP) is 2.96. The van der Waals surface area contributed by atoms with E-state index < -0.39 is 39.5 Å². The van der Waals surface area contributed by atoms with Crippen molar-refractivity contribution in [2.75, 3.05) is 74.5 Å². The Hall–Kier alpha value is -3.63. The molecule has 42 heavy (non-hydrogen) atoms. The van der Waals surface area contributed by atoms with Crippen LogP contribution in [0.15, 0.2) is 31.0 Å². The lowest BCUT2D eigenvalue weighted by molar-refractivity contribution is -0.137. The topological polar surface area (TPSA) is 132 Å². The quantitative estimate of drug-likeness (QED) is 0.344. The molecule has 2 aliphatic heterocycles. The highest BCUT2D eigenvalue weighted by molar-refractivity contribution is 7.88. The Bertz CT molecular complexity index is 1420. The van der Waals surface area contributed by atoms with Gasteiger partial charge < -0.3 is 30.5 Å². The fourth-order valence-electron chi connectivity index (χ4n) is 4.88. The van der Waals surface area contributed by atoms with Crippen LogP contribution in [0.3, 0.4) is 0 Å². The van der Waals surface area contributed by atoms with E-state index in [1.165, 1.54) is 7.11 Å². The molecule has 2 aliphatic rings. The molecule has 1 aromatic heterocycles. The van der Waals surface area contributed by atoms with E-state index in [-0.39, 0.29) is 19.0 Å². The van der Waals surface area contributed by atoms with Gasteiger partial charge in [0, 0.05) is 44.5 Å². The second-order valence-corrected chi connectivity index (χ2v) is 12.4. The van der Waals surface area contributed by atoms with Gasteiger partial charge in [0.25, 0.3) is 0 Å². The van der Waals surface area contributed by atoms with Crippen molar-refractivity contribution in [2.24, 2.45) is 0 Å². The number of benzene rings is 1. The monoisotopic (exact) mass is 612 g/mol. The summed E-state index contributed by atoms with van der Waals surface area (Å²) < 4.78 is 71.3. The zero-order chi connectivity index (χ0) is 30.8. The van der Waals surface area contributed by atoms with Gasteiger partial charge in [-0.1, -0.05) is 6.58 Å². The fraction of sp³-hybridized carbons (Fsp3) is 0.500. The number of ether oxygens (including phenoxy) is 1. The standard InChI is InChI=1S/C26H35F3N8O4S/c1-6-23(38)32-19-11-20(22(41-4)12-21(19)36-9-7-17(8-10-36)35(2)3)33-25-30-13-18(26(27,28)29)24(34-25)31-16-14-37(15-16)42(5,39)40/h6,11-13,16-17H,1,7-10,14-15H2,2-5H3,(H,32,38)(H2,30,31,33,34). The maximum atomic E-state index is 13.7. The molecule has 0 aliphatic carbocycles. The molecule has 2 fully saturated rings. The van der Waals surface area contributed by atoms with E-state index in [1.54, 1.807) is 12.1 Å². The van der Waals surface area contributed by atoms with Gasteiger partial charge in [0.05, 0.1) is 36.5 Å². The molecule has 230 valence electrons. The largest absolute Gasteiger partial charge is 0.494 e. The molecule has 2 saturated heterocycles. The number of nitrogens with one attached hydrogen (secondary N) is 3. The predicted molar refractivity (Wildman–Crippen MR) is 155 cm³/mol. The molecule has 0 unspecified atom stereocenters. The lowest BCUT2D eigenvalue weighted by Crippen LogP contribution is -2.56. The Morgan fingerprint density at radius 1 is 1.19 bits per heavy atom. The second-order valence-electron chi connectivity index (χ2n) is 10.4. The Labute approximate surface area is 243 Å². The van der Waals surface area contributed by atoms with E-state index in [1.807, 2.05) is 14.1 Å². The zero-order valence-electron chi connectivity index (χ0n) is 23.8. The Balaban J connectivity index is 1.64. The van der Waals surface area contributed by atoms with Crippen molar-refractivity contribution < 1.29 is 31.1 Å². The van der Waals surface area contributed by atoms with E-state index >= 15 is 0 Å². The van der Waals surface area contributed by atoms with Crippen molar-refractivity contribution in [3.05, 3.63) is 36.5 Å². The minimum atomic E-state index is -4.75. The summed E-state index contributed by atoms with van der Waals surface area (Å²) in [5, 5.41) is 8.40. The summed E-state index contributed by atoms with van der Waals surface area (Å²) in [5.74, 6) is -0.727. The summed E-state index contributed by atoms with van der Waals surface area (Å²) in [5.41, 5.74) is 0.391. The van der Waals surface area contributed by atoms with Crippen molar-refractivity contribution in [1.82, 2.24) is 19.2 Å². The van der Waals surface area contributed by atoms with Crippen LogP contribution in [0.1, 0.15) is 18.4 Å². The van der Waals surface area contributed by atoms with E-state index in [9.17, 15) is 26.4 Å². The van der Waals surface area contributed by atoms with E-state index in [0.29, 0.717) is 29.4 Å². The number of amides is 1. The Kier molecular flexibility index (Phi) is 9.18. The smallest absolute Gasteiger partial charge is 0.421 e. The van der Waals surface area contributed by atoms with Gasteiger partial charge in [0.1, 0.15) is 17.1 Å². The van der Waals surface area contributed by atoms with Crippen LogP contribution in [-0.4, -0.2) is 99.2 Å². The molecule has 0 bridgehead atoms. The van der Waals surface area contributed by atoms with Crippen molar-refractivity contribution in [2.45, 2.75) is 31.1 Å². The molecule has 12 nitrogen and oxygen atoms in total. The van der Waals surface area contributed by atoms with Crippen LogP contribution < -0.4 is 25.6 Å². The highest BCUT2D eigenvalue weighted by Gasteiger charge is 2.39. The molecule has 0 saturated carbocycles. The summed E-state index contributed by atoms with van der Waals surface area (Å²) in [6.07, 6.45) is -0.0804. The first-order chi connectivity index (χ1) is 19.7. The van der Waals surface area contributed by atoms with Crippen molar-refractivity contribution in [3.63, 3.8) is 0 Å². The van der Waals surface area contributed by atoms with Gasteiger partial charge in [0.2, 0.25) is 21.9 Å². The summed E-state index contributed by atoms with van der Waals surface area (Å²) in [6.45, 7) is 5.02. The third kappa shape index (κ3) is 7.22. The van der Waals surface area contributed by atoms with Crippen LogP contribution in [0.25, 0.3) is 0 Å². The number of hydrogen-bond donors (Lipinski definition) is 3. The SMILES string of the molecule is C=CC(=O)Nc1cc(Nc2ncc(C(F)(F)F)c(NC3CN(S(C)(=O)=O)C3)n2)c(OC)cc1N1CCC(N(C)C)CC1. The van der Waals surface area contributed by atoms with Gasteiger partial charge in [-0.15, -0.1) is 0 Å². The van der Waals surface area contributed by atoms with Gasteiger partial charge in [-0.05, 0) is 39.1 Å². The molecule has 4 rings (SSSR count). The summed E-state index contributed by atoms with van der Waals surface area (Å²) in [7, 11) is 2.09. The molecular weight excluding hydrogens is 577 g/mol. The van der Waals surface area contributed by atoms with Crippen molar-refractivity contribution in [1.29, 1.82) is 0 Å². The second kappa shape index (κ2) is 12.3. The maximum absolute atomic E-state index is 13.7. The fourth-order valence-corrected chi connectivity index (χ4v) is 5.78. The number of carbonyl (C=O) groups is 1. The van der Waals surface area contributed by atoms with Gasteiger partial charge in [-0.3, -0.25) is 4.79 Å². The molecule has 0 spiro atoms. The number of piperidine rings is 1. The normalized spacial score (nSPS) is 17.1. The van der Waals surface area contributed by atoms with Crippen LogP contribution in [0.4, 0.5) is 42.0 Å². The number of hydrogen-bond acceptors (Lipinski definition) is 10. The zero-order valence-corrected chi connectivity index (χ0v) is 24.6. The molecule has 0 radical (unpaired) electrons. The van der Waals surface area contributed by atoms with Crippen LogP contribution in [-0.2, 0) is 21.0 Å². The number of sulfonamides is 1. The highest BCUT2D eigenvalue weighted by Crippen LogP contribution is 2.40. The first-order valence-electron chi connectivity index (χ1n) is 13.2. The summed E-state index contributed by atoms with van der Waals surface area (Å²) >= 11 is 0. The van der Waals surface area contributed by atoms with Crippen LogP contribution in [0, 0.1) is 0 Å². The van der Waals surface area contributed by atoms with Gasteiger partial charge >= 0.3 is 6.18 Å². The van der Waals surface area contributed by atoms with E-state index in [0.717, 1.165) is 48.3 Å². The Morgan fingerprint density at radius 3 is 2.40 bits per heavy atom. The number of carbonyl (C=O) groups excluding carboxylic acids is 1. The Morgan fingerprint density at radius 2 is 1.86 bits per heavy atom. The molecule has 1 amide bonds. The third-order valence-electron chi connectivity index (χ3n) is 7.30. The lowest BCUT2D eigenvalue weighted by atomic mass is 10.0. The number of rotatable bonds is 10. The first kappa shape index (κ1) is 31.3. The average molecular weight is 613 g/mol. The first-order valence-corrected chi connectivity index (χ1v) is 15.0. The third-order valence-corrected chi connectivity index (χ3v) is 8.53. The molecular formula is C26H35F3N8O4S. The van der Waals surface area contributed by atoms with Crippen LogP contribution in [0.5, 0.6) is 5.75 Å². The molecule has 2 aromatic rings. The minimum Gasteiger partial charge on any atom is -0.494 e. The van der Waals surface area contributed by atoms with Gasteiger partial charge in [0.15, 0.2) is 0 Å². The summed E-state index contributed by atoms with van der Waals surface area (Å²) in [4.78, 5) is 24.5. The number of halogens is 3. The number of alkyl halides is 3. The number of methoxy groups -OCH3 is 1. The molecule has 0 atom stereocenters. The minimum absolute atomic E-state index is 0.0102. The molecule has 16 heteroatoms. The number of anilines is 5. The van der Waals surface area contributed by atoms with Crippen LogP contribution >= 0.6 is 0 Å². The maximum Gasteiger partial charge on any atom is 0.421 e. The van der Waals surface area contributed by atoms with Crippen molar-refractivity contribution in [3.8, 4) is 5.75 Å². The van der Waals surface area contributed by atoms with Crippen LogP contribution in [0.2, 0.25) is 0 Å². The lowest BCUT2D eigenvalue weighted by Gasteiger charge is -2.38. The number of nitrogens with zero attached hydrogens (tertiary/aromatic N) is 5. The molecule has 1 aromatic carbocycles. The van der Waals surface area contributed by atoms with Gasteiger partial charge in [-0.2, -0.15) is 22.5 Å². The van der Waals surface area contributed by atoms with Crippen molar-refractivity contribution >= 4 is 44.8 Å². The molecule has 3 heterocycles. The molecule has 3 N–H and O–H groups in total. The highest BCUT2D eigenvalue weighted by atomic mass is 32.2. The van der Waals surface area contributed by atoms with Gasteiger partial charge in [-0.25, -0.2) is 13.4 Å². The summed E-state index contributed by atoms with van der Waals surface area (Å²) in [6, 6.07) is 3.23. The number of aromatic nitrogens is 2.